The van der Waals surface area contributed by atoms with Crippen molar-refractivity contribution in [1.29, 1.82) is 0 Å². The Kier molecular flexibility index (Phi) is 4.51. The maximum atomic E-state index is 14.6. The van der Waals surface area contributed by atoms with Gasteiger partial charge in [-0.15, -0.1) is 0 Å². The first-order valence-corrected chi connectivity index (χ1v) is 8.85. The van der Waals surface area contributed by atoms with Gasteiger partial charge in [0, 0.05) is 30.2 Å². The summed E-state index contributed by atoms with van der Waals surface area (Å²) in [6.07, 6.45) is -0.592. The lowest BCUT2D eigenvalue weighted by Crippen LogP contribution is -2.31. The molecule has 0 bridgehead atoms. The quantitative estimate of drug-likeness (QED) is 0.659. The number of oxime groups is 1. The molecule has 0 unspecified atom stereocenters. The molecule has 2 atom stereocenters. The maximum Gasteiger partial charge on any atom is 0.163 e. The van der Waals surface area contributed by atoms with Gasteiger partial charge in [0.15, 0.2) is 6.10 Å². The average Bonchev–Trinajstić information content (AvgIpc) is 3.20. The van der Waals surface area contributed by atoms with Crippen molar-refractivity contribution in [2.24, 2.45) is 5.16 Å². The number of hydrogen-bond donors (Lipinski definition) is 0. The highest BCUT2D eigenvalue weighted by Crippen LogP contribution is 2.40. The topological polar surface area (TPSA) is 24.8 Å². The van der Waals surface area contributed by atoms with Gasteiger partial charge in [-0.25, -0.2) is 22.0 Å². The van der Waals surface area contributed by atoms with Crippen molar-refractivity contribution in [1.82, 2.24) is 4.90 Å². The number of benzene rings is 2. The summed E-state index contributed by atoms with van der Waals surface area (Å²) in [5, 5.41) is 3.91. The molecule has 1 fully saturated rings. The van der Waals surface area contributed by atoms with E-state index < -0.39 is 40.6 Å². The van der Waals surface area contributed by atoms with Crippen LogP contribution >= 0.6 is 0 Å². The van der Waals surface area contributed by atoms with Crippen molar-refractivity contribution in [2.75, 3.05) is 13.1 Å². The van der Waals surface area contributed by atoms with E-state index >= 15 is 0 Å². The van der Waals surface area contributed by atoms with Crippen LogP contribution in [-0.2, 0) is 4.84 Å². The van der Waals surface area contributed by atoms with Crippen LogP contribution in [0.5, 0.6) is 0 Å². The van der Waals surface area contributed by atoms with E-state index in [0.717, 1.165) is 24.3 Å². The van der Waals surface area contributed by atoms with Crippen LogP contribution < -0.4 is 0 Å². The number of amidine groups is 1. The zero-order valence-corrected chi connectivity index (χ0v) is 15.0. The van der Waals surface area contributed by atoms with Crippen molar-refractivity contribution in [3.8, 4) is 11.1 Å². The Labute approximate surface area is 158 Å². The van der Waals surface area contributed by atoms with Crippen LogP contribution in [0, 0.1) is 23.3 Å². The Bertz CT molecular complexity index is 940. The second-order valence-corrected chi connectivity index (χ2v) is 7.34. The molecule has 2 aliphatic heterocycles. The molecule has 0 aromatic heterocycles. The molecule has 2 aromatic rings. The summed E-state index contributed by atoms with van der Waals surface area (Å²) in [5.41, 5.74) is -2.36. The molecule has 0 aliphatic carbocycles. The Morgan fingerprint density at radius 3 is 2.46 bits per heavy atom. The van der Waals surface area contributed by atoms with Gasteiger partial charge < -0.3 is 9.74 Å². The fourth-order valence-electron chi connectivity index (χ4n) is 3.72. The summed E-state index contributed by atoms with van der Waals surface area (Å²) < 4.78 is 71.1. The third-order valence-electron chi connectivity index (χ3n) is 5.09. The summed E-state index contributed by atoms with van der Waals surface area (Å²) in [7, 11) is 0. The van der Waals surface area contributed by atoms with Crippen LogP contribution in [0.4, 0.5) is 22.0 Å². The Morgan fingerprint density at radius 1 is 1.11 bits per heavy atom. The molecule has 0 saturated carbocycles. The molecule has 2 aliphatic rings. The predicted molar refractivity (Wildman–Crippen MR) is 93.3 cm³/mol. The van der Waals surface area contributed by atoms with Crippen LogP contribution in [0.2, 0.25) is 0 Å². The Hall–Kier alpha value is -2.64. The van der Waals surface area contributed by atoms with E-state index in [1.807, 2.05) is 0 Å². The van der Waals surface area contributed by atoms with E-state index in [4.69, 9.17) is 4.84 Å². The van der Waals surface area contributed by atoms with E-state index in [2.05, 4.69) is 5.16 Å². The molecule has 0 spiro atoms. The summed E-state index contributed by atoms with van der Waals surface area (Å²) in [6, 6.07) is 4.69. The molecule has 0 amide bonds. The first kappa shape index (κ1) is 18.7. The van der Waals surface area contributed by atoms with Crippen molar-refractivity contribution in [3.63, 3.8) is 0 Å². The summed E-state index contributed by atoms with van der Waals surface area (Å²) in [6.45, 7) is 2.05. The molecule has 4 rings (SSSR count). The predicted octanol–water partition coefficient (Wildman–Crippen LogP) is 5.12. The molecule has 1 saturated heterocycles. The molecule has 0 N–H and O–H groups in total. The number of nitrogens with zero attached hydrogens (tertiary/aromatic N) is 2. The molecule has 28 heavy (non-hydrogen) atoms. The molecule has 3 nitrogen and oxygen atoms in total. The van der Waals surface area contributed by atoms with Crippen LogP contribution in [0.15, 0.2) is 35.5 Å². The van der Waals surface area contributed by atoms with E-state index in [-0.39, 0.29) is 24.1 Å². The molecular weight excluding hydrogens is 379 g/mol. The maximum absolute atomic E-state index is 14.6. The fraction of sp³-hybridized carbons (Fsp3) is 0.350. The van der Waals surface area contributed by atoms with E-state index in [1.54, 1.807) is 4.90 Å². The SMILES string of the molecule is C[C@@]1(F)CCN(C2=NO[C@H](c3c(F)cc(F)cc3-c3c(F)cccc3F)C2)C1. The van der Waals surface area contributed by atoms with Gasteiger partial charge in [-0.2, -0.15) is 0 Å². The van der Waals surface area contributed by atoms with E-state index in [1.165, 1.54) is 6.92 Å². The van der Waals surface area contributed by atoms with Gasteiger partial charge in [-0.1, -0.05) is 11.2 Å². The molecule has 8 heteroatoms. The van der Waals surface area contributed by atoms with Crippen molar-refractivity contribution >= 4 is 5.84 Å². The minimum atomic E-state index is -1.36. The van der Waals surface area contributed by atoms with Crippen LogP contribution in [-0.4, -0.2) is 29.5 Å². The van der Waals surface area contributed by atoms with Gasteiger partial charge in [0.2, 0.25) is 0 Å². The van der Waals surface area contributed by atoms with Gasteiger partial charge in [-0.3, -0.25) is 0 Å². The normalized spacial score (nSPS) is 24.4. The number of hydrogen-bond acceptors (Lipinski definition) is 3. The van der Waals surface area contributed by atoms with Gasteiger partial charge in [-0.05, 0) is 25.1 Å². The smallest absolute Gasteiger partial charge is 0.163 e. The Balaban J connectivity index is 1.70. The second kappa shape index (κ2) is 6.76. The van der Waals surface area contributed by atoms with Crippen molar-refractivity contribution in [3.05, 3.63) is 59.2 Å². The van der Waals surface area contributed by atoms with Crippen molar-refractivity contribution in [2.45, 2.75) is 31.5 Å². The summed E-state index contributed by atoms with van der Waals surface area (Å²) in [5.74, 6) is -3.42. The lowest BCUT2D eigenvalue weighted by atomic mass is 9.93. The van der Waals surface area contributed by atoms with Gasteiger partial charge in [0.25, 0.3) is 0 Å². The highest BCUT2D eigenvalue weighted by Gasteiger charge is 2.39. The lowest BCUT2D eigenvalue weighted by molar-refractivity contribution is 0.0831. The van der Waals surface area contributed by atoms with Gasteiger partial charge in [0.1, 0.15) is 34.8 Å². The van der Waals surface area contributed by atoms with Crippen LogP contribution in [0.25, 0.3) is 11.1 Å². The number of alkyl halides is 1. The van der Waals surface area contributed by atoms with Crippen LogP contribution in [0.1, 0.15) is 31.4 Å². The second-order valence-electron chi connectivity index (χ2n) is 7.34. The lowest BCUT2D eigenvalue weighted by Gasteiger charge is -2.19. The third-order valence-corrected chi connectivity index (χ3v) is 5.09. The van der Waals surface area contributed by atoms with Gasteiger partial charge >= 0.3 is 0 Å². The highest BCUT2D eigenvalue weighted by molar-refractivity contribution is 5.84. The Morgan fingerprint density at radius 2 is 1.82 bits per heavy atom. The monoisotopic (exact) mass is 396 g/mol. The molecule has 2 aromatic carbocycles. The largest absolute Gasteiger partial charge is 0.386 e. The first-order valence-electron chi connectivity index (χ1n) is 8.85. The third kappa shape index (κ3) is 3.31. The van der Waals surface area contributed by atoms with Crippen LogP contribution in [0.3, 0.4) is 0 Å². The fourth-order valence-corrected chi connectivity index (χ4v) is 3.72. The zero-order chi connectivity index (χ0) is 20.1. The number of halogens is 5. The summed E-state index contributed by atoms with van der Waals surface area (Å²) in [4.78, 5) is 7.01. The molecule has 148 valence electrons. The highest BCUT2D eigenvalue weighted by atomic mass is 19.2. The van der Waals surface area contributed by atoms with E-state index in [0.29, 0.717) is 24.9 Å². The number of likely N-dealkylation sites (tertiary alicyclic amines) is 1. The summed E-state index contributed by atoms with van der Waals surface area (Å²) >= 11 is 0. The van der Waals surface area contributed by atoms with E-state index in [9.17, 15) is 22.0 Å². The molecular formula is C20H17F5N2O. The minimum absolute atomic E-state index is 0.0850. The zero-order valence-electron chi connectivity index (χ0n) is 15.0. The van der Waals surface area contributed by atoms with Gasteiger partial charge in [0.05, 0.1) is 18.5 Å². The molecule has 0 radical (unpaired) electrons. The minimum Gasteiger partial charge on any atom is -0.386 e. The number of rotatable bonds is 2. The standard InChI is InChI=1S/C20H17F5N2O/c1-20(25)5-6-27(10-20)17-9-16(28-26-17)19-12(7-11(21)8-15(19)24)18-13(22)3-2-4-14(18)23/h2-4,7-8,16H,5-6,9-10H2,1H3/t16-,20+/m0/s1. The average molecular weight is 396 g/mol. The first-order chi connectivity index (χ1) is 13.2. The van der Waals surface area contributed by atoms with Crippen molar-refractivity contribution < 1.29 is 26.8 Å². The molecule has 2 heterocycles.